The molecular formula is C13H13ClN2O2. The highest BCUT2D eigenvalue weighted by Crippen LogP contribution is 2.33. The number of benzene rings is 1. The van der Waals surface area contributed by atoms with Crippen molar-refractivity contribution in [1.82, 2.24) is 5.32 Å². The lowest BCUT2D eigenvalue weighted by Crippen LogP contribution is -2.27. The minimum absolute atomic E-state index is 0.222. The summed E-state index contributed by atoms with van der Waals surface area (Å²) in [6.07, 6.45) is 4.01. The monoisotopic (exact) mass is 264 g/mol. The van der Waals surface area contributed by atoms with E-state index in [0.717, 1.165) is 19.4 Å². The van der Waals surface area contributed by atoms with Gasteiger partial charge in [0.2, 0.25) is 0 Å². The van der Waals surface area contributed by atoms with Crippen molar-refractivity contribution in [2.24, 2.45) is 0 Å². The minimum atomic E-state index is -0.224. The molecule has 1 saturated heterocycles. The van der Waals surface area contributed by atoms with Gasteiger partial charge < -0.3 is 15.4 Å². The summed E-state index contributed by atoms with van der Waals surface area (Å²) in [5.41, 5.74) is 0.615. The smallest absolute Gasteiger partial charge is 0.291 e. The van der Waals surface area contributed by atoms with Crippen LogP contribution >= 0.6 is 11.6 Å². The Hall–Kier alpha value is -1.52. The van der Waals surface area contributed by atoms with Crippen molar-refractivity contribution in [3.8, 4) is 5.75 Å². The quantitative estimate of drug-likeness (QED) is 0.766. The lowest BCUT2D eigenvalue weighted by molar-refractivity contribution is -0.115. The van der Waals surface area contributed by atoms with Crippen molar-refractivity contribution in [1.29, 1.82) is 0 Å². The van der Waals surface area contributed by atoms with Crippen LogP contribution in [0.1, 0.15) is 12.8 Å². The fraction of sp³-hybridized carbons (Fsp3) is 0.308. The summed E-state index contributed by atoms with van der Waals surface area (Å²) in [6.45, 7) is 0.988. The number of carbonyl (C=O) groups is 1. The molecule has 0 saturated carbocycles. The van der Waals surface area contributed by atoms with Gasteiger partial charge in [0.1, 0.15) is 0 Å². The topological polar surface area (TPSA) is 50.4 Å². The van der Waals surface area contributed by atoms with Crippen molar-refractivity contribution in [2.45, 2.75) is 18.9 Å². The van der Waals surface area contributed by atoms with Gasteiger partial charge in [0.15, 0.2) is 11.5 Å². The fourth-order valence-electron chi connectivity index (χ4n) is 2.18. The van der Waals surface area contributed by atoms with Gasteiger partial charge in [-0.1, -0.05) is 11.6 Å². The Morgan fingerprint density at radius 1 is 1.44 bits per heavy atom. The molecule has 2 aliphatic heterocycles. The van der Waals surface area contributed by atoms with Gasteiger partial charge >= 0.3 is 0 Å². The highest BCUT2D eigenvalue weighted by atomic mass is 35.5. The number of halogens is 1. The summed E-state index contributed by atoms with van der Waals surface area (Å²) in [7, 11) is 0. The third-order valence-electron chi connectivity index (χ3n) is 3.08. The Morgan fingerprint density at radius 2 is 2.33 bits per heavy atom. The summed E-state index contributed by atoms with van der Waals surface area (Å²) < 4.78 is 5.61. The molecule has 5 heteroatoms. The molecule has 18 heavy (non-hydrogen) atoms. The van der Waals surface area contributed by atoms with Gasteiger partial charge in [0, 0.05) is 11.1 Å². The first-order chi connectivity index (χ1) is 8.72. The number of hydrogen-bond donors (Lipinski definition) is 2. The van der Waals surface area contributed by atoms with E-state index in [1.807, 2.05) is 6.08 Å². The second-order valence-electron chi connectivity index (χ2n) is 4.43. The third kappa shape index (κ3) is 2.21. The van der Waals surface area contributed by atoms with Crippen LogP contribution in [0.3, 0.4) is 0 Å². The van der Waals surface area contributed by atoms with Gasteiger partial charge in [0.05, 0.1) is 5.69 Å². The molecule has 1 aromatic carbocycles. The van der Waals surface area contributed by atoms with Crippen molar-refractivity contribution in [2.75, 3.05) is 11.9 Å². The largest absolute Gasteiger partial charge is 0.450 e. The van der Waals surface area contributed by atoms with Crippen LogP contribution in [0.2, 0.25) is 5.02 Å². The molecular weight excluding hydrogens is 252 g/mol. The van der Waals surface area contributed by atoms with Gasteiger partial charge in [-0.3, -0.25) is 4.79 Å². The molecule has 1 aromatic rings. The summed E-state index contributed by atoms with van der Waals surface area (Å²) in [6, 6.07) is 5.40. The predicted octanol–water partition coefficient (Wildman–Crippen LogP) is 2.31. The van der Waals surface area contributed by atoms with Crippen LogP contribution in [-0.2, 0) is 4.79 Å². The second kappa shape index (κ2) is 4.63. The van der Waals surface area contributed by atoms with Gasteiger partial charge in [0.25, 0.3) is 5.91 Å². The van der Waals surface area contributed by atoms with Crippen molar-refractivity contribution in [3.05, 3.63) is 35.1 Å². The van der Waals surface area contributed by atoms with Crippen LogP contribution in [-0.4, -0.2) is 18.5 Å². The molecule has 0 aromatic heterocycles. The minimum Gasteiger partial charge on any atom is -0.450 e. The maximum Gasteiger partial charge on any atom is 0.291 e. The molecule has 3 rings (SSSR count). The van der Waals surface area contributed by atoms with E-state index in [2.05, 4.69) is 10.6 Å². The van der Waals surface area contributed by atoms with Crippen LogP contribution in [0.15, 0.2) is 30.0 Å². The van der Waals surface area contributed by atoms with Crippen molar-refractivity contribution in [3.63, 3.8) is 0 Å². The summed E-state index contributed by atoms with van der Waals surface area (Å²) >= 11 is 5.87. The zero-order valence-corrected chi connectivity index (χ0v) is 10.5. The van der Waals surface area contributed by atoms with E-state index in [1.54, 1.807) is 18.2 Å². The van der Waals surface area contributed by atoms with E-state index < -0.39 is 0 Å². The molecule has 0 unspecified atom stereocenters. The molecule has 4 nitrogen and oxygen atoms in total. The highest BCUT2D eigenvalue weighted by molar-refractivity contribution is 6.31. The average Bonchev–Trinajstić information content (AvgIpc) is 2.83. The first-order valence-electron chi connectivity index (χ1n) is 5.96. The summed E-state index contributed by atoms with van der Waals surface area (Å²) in [5, 5.41) is 6.65. The van der Waals surface area contributed by atoms with E-state index in [1.165, 1.54) is 0 Å². The molecule has 0 bridgehead atoms. The standard InChI is InChI=1S/C13H13ClN2O2/c14-8-3-4-11-10(6-8)16-13(17)12(18-11)7-9-2-1-5-15-9/h3-4,6-7,9,15H,1-2,5H2,(H,16,17)/b12-7-/t9-/m1/s1. The van der Waals surface area contributed by atoms with E-state index in [-0.39, 0.29) is 11.9 Å². The van der Waals surface area contributed by atoms with Gasteiger partial charge in [-0.25, -0.2) is 0 Å². The lowest BCUT2D eigenvalue weighted by Gasteiger charge is -2.20. The molecule has 94 valence electrons. The van der Waals surface area contributed by atoms with Crippen molar-refractivity contribution >= 4 is 23.2 Å². The Bertz CT molecular complexity index is 522. The number of nitrogens with one attached hydrogen (secondary N) is 2. The zero-order valence-electron chi connectivity index (χ0n) is 9.70. The first kappa shape index (κ1) is 11.6. The maximum atomic E-state index is 11.9. The number of rotatable bonds is 1. The summed E-state index contributed by atoms with van der Waals surface area (Å²) in [5.74, 6) is 0.755. The van der Waals surface area contributed by atoms with E-state index in [9.17, 15) is 4.79 Å². The molecule has 0 aliphatic carbocycles. The highest BCUT2D eigenvalue weighted by Gasteiger charge is 2.24. The fourth-order valence-corrected chi connectivity index (χ4v) is 2.36. The number of fused-ring (bicyclic) bond motifs is 1. The molecule has 2 aliphatic rings. The lowest BCUT2D eigenvalue weighted by atomic mass is 10.2. The number of anilines is 1. The Morgan fingerprint density at radius 3 is 3.11 bits per heavy atom. The molecule has 2 heterocycles. The second-order valence-corrected chi connectivity index (χ2v) is 4.87. The van der Waals surface area contributed by atoms with E-state index >= 15 is 0 Å². The third-order valence-corrected chi connectivity index (χ3v) is 3.32. The number of amides is 1. The first-order valence-corrected chi connectivity index (χ1v) is 6.34. The van der Waals surface area contributed by atoms with Crippen LogP contribution in [0.25, 0.3) is 0 Å². The Balaban J connectivity index is 1.87. The molecule has 0 radical (unpaired) electrons. The predicted molar refractivity (Wildman–Crippen MR) is 69.8 cm³/mol. The number of hydrogen-bond acceptors (Lipinski definition) is 3. The average molecular weight is 265 g/mol. The van der Waals surface area contributed by atoms with Crippen LogP contribution < -0.4 is 15.4 Å². The van der Waals surface area contributed by atoms with Crippen LogP contribution in [0.4, 0.5) is 5.69 Å². The van der Waals surface area contributed by atoms with Gasteiger partial charge in [-0.05, 0) is 43.7 Å². The van der Waals surface area contributed by atoms with Crippen molar-refractivity contribution < 1.29 is 9.53 Å². The summed E-state index contributed by atoms with van der Waals surface area (Å²) in [4.78, 5) is 11.9. The SMILES string of the molecule is O=C1Nc2cc(Cl)ccc2O/C1=C\[C@H]1CCCN1. The van der Waals surface area contributed by atoms with Gasteiger partial charge in [-0.15, -0.1) is 0 Å². The van der Waals surface area contributed by atoms with Crippen LogP contribution in [0.5, 0.6) is 5.75 Å². The number of carbonyl (C=O) groups excluding carboxylic acids is 1. The molecule has 0 spiro atoms. The van der Waals surface area contributed by atoms with E-state index in [4.69, 9.17) is 16.3 Å². The number of ether oxygens (including phenoxy) is 1. The molecule has 2 N–H and O–H groups in total. The van der Waals surface area contributed by atoms with Gasteiger partial charge in [-0.2, -0.15) is 0 Å². The normalized spacial score (nSPS) is 24.6. The Labute approximate surface area is 110 Å². The molecule has 1 fully saturated rings. The Kier molecular flexibility index (Phi) is 2.97. The maximum absolute atomic E-state index is 11.9. The van der Waals surface area contributed by atoms with E-state index in [0.29, 0.717) is 22.2 Å². The molecule has 1 amide bonds. The van der Waals surface area contributed by atoms with Crippen LogP contribution in [0, 0.1) is 0 Å². The molecule has 1 atom stereocenters. The zero-order chi connectivity index (χ0) is 12.5.